The van der Waals surface area contributed by atoms with Crippen molar-refractivity contribution in [2.75, 3.05) is 0 Å². The third-order valence-electron chi connectivity index (χ3n) is 4.03. The Labute approximate surface area is 149 Å². The molecule has 7 heteroatoms. The molecule has 4 rings (SSSR count). The zero-order chi connectivity index (χ0) is 18.1. The van der Waals surface area contributed by atoms with Crippen LogP contribution in [0, 0.1) is 13.8 Å². The fraction of sp³-hybridized carbons (Fsp3) is 0.158. The topological polar surface area (TPSA) is 82.5 Å². The molecule has 0 fully saturated rings. The lowest BCUT2D eigenvalue weighted by Gasteiger charge is -2.02. The molecule has 1 aromatic carbocycles. The van der Waals surface area contributed by atoms with E-state index < -0.39 is 5.97 Å². The van der Waals surface area contributed by atoms with E-state index >= 15 is 0 Å². The summed E-state index contributed by atoms with van der Waals surface area (Å²) in [5, 5.41) is 4.27. The van der Waals surface area contributed by atoms with Crippen LogP contribution < -0.4 is 0 Å². The normalized spacial score (nSPS) is 11.0. The van der Waals surface area contributed by atoms with Crippen LogP contribution in [0.3, 0.4) is 0 Å². The van der Waals surface area contributed by atoms with Crippen molar-refractivity contribution >= 4 is 11.6 Å². The second-order valence-electron chi connectivity index (χ2n) is 5.81. The highest BCUT2D eigenvalue weighted by molar-refractivity contribution is 5.97. The summed E-state index contributed by atoms with van der Waals surface area (Å²) in [6, 6.07) is 11.3. The van der Waals surface area contributed by atoms with Gasteiger partial charge in [-0.05, 0) is 32.0 Å². The van der Waals surface area contributed by atoms with Crippen LogP contribution in [0.4, 0.5) is 0 Å². The second-order valence-corrected chi connectivity index (χ2v) is 5.81. The third-order valence-corrected chi connectivity index (χ3v) is 4.03. The van der Waals surface area contributed by atoms with Crippen molar-refractivity contribution in [2.45, 2.75) is 20.5 Å². The van der Waals surface area contributed by atoms with Crippen LogP contribution in [0.1, 0.15) is 27.5 Å². The molecule has 3 aromatic heterocycles. The van der Waals surface area contributed by atoms with Crippen LogP contribution in [-0.4, -0.2) is 25.6 Å². The van der Waals surface area contributed by atoms with E-state index in [1.54, 1.807) is 36.8 Å². The molecule has 0 bridgehead atoms. The summed E-state index contributed by atoms with van der Waals surface area (Å²) in [4.78, 5) is 21.2. The van der Waals surface area contributed by atoms with E-state index in [1.165, 1.54) is 0 Å². The maximum Gasteiger partial charge on any atom is 0.344 e. The Hall–Kier alpha value is -3.48. The lowest BCUT2D eigenvalue weighted by atomic mass is 10.2. The number of benzene rings is 1. The Bertz CT molecular complexity index is 1080. The van der Waals surface area contributed by atoms with Crippen molar-refractivity contribution in [3.8, 4) is 11.5 Å². The van der Waals surface area contributed by atoms with Crippen molar-refractivity contribution in [1.82, 2.24) is 19.6 Å². The first-order valence-corrected chi connectivity index (χ1v) is 8.12. The lowest BCUT2D eigenvalue weighted by Crippen LogP contribution is -2.07. The smallest absolute Gasteiger partial charge is 0.344 e. The molecule has 130 valence electrons. The van der Waals surface area contributed by atoms with Crippen LogP contribution in [0.2, 0.25) is 0 Å². The maximum atomic E-state index is 12.5. The van der Waals surface area contributed by atoms with Gasteiger partial charge < -0.3 is 9.15 Å². The summed E-state index contributed by atoms with van der Waals surface area (Å²) in [5.41, 5.74) is 2.84. The molecule has 0 saturated carbocycles. The van der Waals surface area contributed by atoms with Crippen LogP contribution in [-0.2, 0) is 11.3 Å². The van der Waals surface area contributed by atoms with E-state index in [0.29, 0.717) is 34.2 Å². The summed E-state index contributed by atoms with van der Waals surface area (Å²) >= 11 is 0. The second kappa shape index (κ2) is 6.44. The van der Waals surface area contributed by atoms with E-state index in [4.69, 9.17) is 9.15 Å². The predicted octanol–water partition coefficient (Wildman–Crippen LogP) is 3.36. The van der Waals surface area contributed by atoms with Gasteiger partial charge in [0.2, 0.25) is 5.89 Å². The Morgan fingerprint density at radius 1 is 1.19 bits per heavy atom. The first-order chi connectivity index (χ1) is 12.6. The van der Waals surface area contributed by atoms with Crippen LogP contribution in [0.25, 0.3) is 17.1 Å². The summed E-state index contributed by atoms with van der Waals surface area (Å²) in [6.07, 6.45) is 3.35. The zero-order valence-electron chi connectivity index (χ0n) is 14.3. The molecule has 0 radical (unpaired) electrons. The van der Waals surface area contributed by atoms with Gasteiger partial charge in [-0.25, -0.2) is 19.3 Å². The van der Waals surface area contributed by atoms with Gasteiger partial charge in [-0.3, -0.25) is 0 Å². The number of hydrogen-bond donors (Lipinski definition) is 0. The number of nitrogens with zero attached hydrogens (tertiary/aromatic N) is 4. The van der Waals surface area contributed by atoms with Gasteiger partial charge in [-0.2, -0.15) is 5.10 Å². The van der Waals surface area contributed by atoms with Gasteiger partial charge in [0.25, 0.3) is 0 Å². The van der Waals surface area contributed by atoms with Crippen molar-refractivity contribution in [2.24, 2.45) is 0 Å². The van der Waals surface area contributed by atoms with E-state index in [0.717, 1.165) is 5.56 Å². The summed E-state index contributed by atoms with van der Waals surface area (Å²) in [7, 11) is 0. The Morgan fingerprint density at radius 3 is 2.81 bits per heavy atom. The molecule has 26 heavy (non-hydrogen) atoms. The molecule has 0 saturated heterocycles. The zero-order valence-corrected chi connectivity index (χ0v) is 14.3. The molecule has 0 amide bonds. The molecule has 3 heterocycles. The summed E-state index contributed by atoms with van der Waals surface area (Å²) in [5.74, 6) is 0.634. The van der Waals surface area contributed by atoms with Gasteiger partial charge in [0.15, 0.2) is 5.65 Å². The number of hydrogen-bond acceptors (Lipinski definition) is 6. The Morgan fingerprint density at radius 2 is 2.00 bits per heavy atom. The van der Waals surface area contributed by atoms with Crippen molar-refractivity contribution in [3.05, 3.63) is 71.5 Å². The van der Waals surface area contributed by atoms with E-state index in [-0.39, 0.29) is 6.61 Å². The van der Waals surface area contributed by atoms with Gasteiger partial charge in [0.05, 0.1) is 5.69 Å². The molecule has 7 nitrogen and oxygen atoms in total. The molecule has 0 aliphatic carbocycles. The van der Waals surface area contributed by atoms with Crippen LogP contribution in [0.15, 0.2) is 53.2 Å². The van der Waals surface area contributed by atoms with Gasteiger partial charge in [-0.1, -0.05) is 18.2 Å². The maximum absolute atomic E-state index is 12.5. The molecule has 0 atom stereocenters. The summed E-state index contributed by atoms with van der Waals surface area (Å²) < 4.78 is 12.7. The van der Waals surface area contributed by atoms with E-state index in [1.807, 2.05) is 30.3 Å². The first-order valence-electron chi connectivity index (χ1n) is 8.12. The largest absolute Gasteiger partial charge is 0.455 e. The lowest BCUT2D eigenvalue weighted by molar-refractivity contribution is 0.0468. The fourth-order valence-corrected chi connectivity index (χ4v) is 2.71. The van der Waals surface area contributed by atoms with Gasteiger partial charge in [-0.15, -0.1) is 0 Å². The molecule has 4 aromatic rings. The number of carbonyl (C=O) groups is 1. The average Bonchev–Trinajstić information content (AvgIpc) is 3.19. The minimum Gasteiger partial charge on any atom is -0.455 e. The number of aromatic nitrogens is 4. The number of fused-ring (bicyclic) bond motifs is 1. The number of oxazole rings is 1. The molecule has 0 aliphatic rings. The van der Waals surface area contributed by atoms with Crippen LogP contribution >= 0.6 is 0 Å². The van der Waals surface area contributed by atoms with Crippen LogP contribution in [0.5, 0.6) is 0 Å². The molecule has 0 N–H and O–H groups in total. The highest BCUT2D eigenvalue weighted by Gasteiger charge is 2.21. The average molecular weight is 348 g/mol. The van der Waals surface area contributed by atoms with Gasteiger partial charge in [0.1, 0.15) is 23.6 Å². The minimum absolute atomic E-state index is 0.0185. The predicted molar refractivity (Wildman–Crippen MR) is 93.5 cm³/mol. The quantitative estimate of drug-likeness (QED) is 0.526. The van der Waals surface area contributed by atoms with Crippen molar-refractivity contribution in [1.29, 1.82) is 0 Å². The van der Waals surface area contributed by atoms with E-state index in [9.17, 15) is 4.79 Å². The standard InChI is InChI=1S/C19H16N4O3/c1-12-16(17-20-9-6-10-23(17)22-12)19(24)25-11-15-13(2)26-18(21-15)14-7-4-3-5-8-14/h3-10H,11H2,1-2H3. The molecular weight excluding hydrogens is 332 g/mol. The SMILES string of the molecule is Cc1nn2cccnc2c1C(=O)OCc1nc(-c2ccccc2)oc1C. The highest BCUT2D eigenvalue weighted by atomic mass is 16.5. The number of carbonyl (C=O) groups excluding carboxylic acids is 1. The molecular formula is C19H16N4O3. The number of rotatable bonds is 4. The molecule has 0 unspecified atom stereocenters. The Kier molecular flexibility index (Phi) is 3.96. The number of esters is 1. The minimum atomic E-state index is -0.486. The third kappa shape index (κ3) is 2.83. The highest BCUT2D eigenvalue weighted by Crippen LogP contribution is 2.22. The van der Waals surface area contributed by atoms with E-state index in [2.05, 4.69) is 15.1 Å². The number of aryl methyl sites for hydroxylation is 2. The number of ether oxygens (including phenoxy) is 1. The van der Waals surface area contributed by atoms with Gasteiger partial charge >= 0.3 is 5.97 Å². The van der Waals surface area contributed by atoms with Gasteiger partial charge in [0, 0.05) is 18.0 Å². The van der Waals surface area contributed by atoms with Crippen molar-refractivity contribution in [3.63, 3.8) is 0 Å². The van der Waals surface area contributed by atoms with Crippen molar-refractivity contribution < 1.29 is 13.9 Å². The molecule has 0 spiro atoms. The fourth-order valence-electron chi connectivity index (χ4n) is 2.71. The Balaban J connectivity index is 1.55. The molecule has 0 aliphatic heterocycles. The first kappa shape index (κ1) is 16.0. The monoisotopic (exact) mass is 348 g/mol. The summed E-state index contributed by atoms with van der Waals surface area (Å²) in [6.45, 7) is 3.56.